The quantitative estimate of drug-likeness (QED) is 0.673. The molecule has 0 heterocycles. The monoisotopic (exact) mass is 254 g/mol. The summed E-state index contributed by atoms with van der Waals surface area (Å²) >= 11 is 0. The highest BCUT2D eigenvalue weighted by atomic mass is 16.7. The van der Waals surface area contributed by atoms with Gasteiger partial charge in [-0.05, 0) is 11.5 Å². The van der Waals surface area contributed by atoms with Crippen LogP contribution in [0.3, 0.4) is 0 Å². The van der Waals surface area contributed by atoms with Crippen molar-refractivity contribution in [3.63, 3.8) is 0 Å². The molecule has 0 aliphatic rings. The van der Waals surface area contributed by atoms with Crippen LogP contribution in [0.2, 0.25) is 0 Å². The maximum Gasteiger partial charge on any atom is 0.281 e. The van der Waals surface area contributed by atoms with Crippen molar-refractivity contribution in [1.29, 1.82) is 0 Å². The molecule has 0 aliphatic carbocycles. The third-order valence-corrected chi connectivity index (χ3v) is 3.58. The first-order chi connectivity index (χ1) is 8.25. The molecule has 0 aromatic heterocycles. The van der Waals surface area contributed by atoms with Gasteiger partial charge in [-0.2, -0.15) is 0 Å². The zero-order valence-electron chi connectivity index (χ0n) is 11.1. The van der Waals surface area contributed by atoms with Crippen molar-refractivity contribution >= 4 is 0 Å². The Bertz CT molecular complexity index is 354. The van der Waals surface area contributed by atoms with E-state index in [4.69, 9.17) is 4.74 Å². The number of ether oxygens (including phenoxy) is 1. The van der Waals surface area contributed by atoms with Crippen molar-refractivity contribution in [2.45, 2.75) is 33.4 Å². The first kappa shape index (κ1) is 15.1. The van der Waals surface area contributed by atoms with Crippen molar-refractivity contribution in [1.82, 2.24) is 0 Å². The lowest BCUT2D eigenvalue weighted by Crippen LogP contribution is -2.49. The second-order valence-corrected chi connectivity index (χ2v) is 5.26. The Morgan fingerprint density at radius 2 is 1.67 bits per heavy atom. The molecule has 0 amide bonds. The van der Waals surface area contributed by atoms with Crippen molar-refractivity contribution in [2.24, 2.45) is 11.3 Å². The van der Waals surface area contributed by atoms with Crippen molar-refractivity contribution in [3.05, 3.63) is 35.9 Å². The van der Waals surface area contributed by atoms with E-state index < -0.39 is 11.4 Å². The molecule has 0 radical (unpaired) electrons. The highest BCUT2D eigenvalue weighted by molar-refractivity contribution is 5.13. The highest BCUT2D eigenvalue weighted by Gasteiger charge is 2.44. The Balaban J connectivity index is 2.45. The fraction of sp³-hybridized carbons (Fsp3) is 0.571. The fourth-order valence-electron chi connectivity index (χ4n) is 1.47. The molecule has 0 aliphatic heterocycles. The summed E-state index contributed by atoms with van der Waals surface area (Å²) in [6.07, 6.45) is 0. The van der Waals surface area contributed by atoms with Gasteiger partial charge in [0.15, 0.2) is 0 Å². The summed E-state index contributed by atoms with van der Waals surface area (Å²) in [5.41, 5.74) is -0.00489. The van der Waals surface area contributed by atoms with Crippen LogP contribution in [-0.2, 0) is 11.3 Å². The lowest BCUT2D eigenvalue weighted by molar-refractivity contribution is -0.378. The molecule has 0 spiro atoms. The minimum Gasteiger partial charge on any atom is -0.376 e. The van der Waals surface area contributed by atoms with Crippen LogP contribution in [0.4, 0.5) is 0 Å². The lowest BCUT2D eigenvalue weighted by atomic mass is 9.78. The van der Waals surface area contributed by atoms with Gasteiger partial charge in [0, 0.05) is 0 Å². The number of rotatable bonds is 6. The largest absolute Gasteiger partial charge is 0.376 e. The average molecular weight is 254 g/mol. The smallest absolute Gasteiger partial charge is 0.281 e. The normalized spacial score (nSPS) is 14.6. The van der Waals surface area contributed by atoms with E-state index in [1.807, 2.05) is 37.3 Å². The van der Waals surface area contributed by atoms with Crippen molar-refractivity contribution < 1.29 is 20.1 Å². The van der Waals surface area contributed by atoms with Crippen LogP contribution in [0.1, 0.15) is 26.3 Å². The summed E-state index contributed by atoms with van der Waals surface area (Å²) in [4.78, 5) is 0. The van der Waals surface area contributed by atoms with E-state index in [2.05, 4.69) is 0 Å². The van der Waals surface area contributed by atoms with Crippen LogP contribution in [0.25, 0.3) is 0 Å². The summed E-state index contributed by atoms with van der Waals surface area (Å²) in [5.74, 6) is -2.91. The molecule has 3 N–H and O–H groups in total. The van der Waals surface area contributed by atoms with Gasteiger partial charge in [0.05, 0.1) is 18.6 Å². The second kappa shape index (κ2) is 5.80. The minimum absolute atomic E-state index is 0.207. The summed E-state index contributed by atoms with van der Waals surface area (Å²) in [6.45, 7) is 5.79. The van der Waals surface area contributed by atoms with Gasteiger partial charge in [0.25, 0.3) is 5.97 Å². The molecule has 0 saturated heterocycles. The van der Waals surface area contributed by atoms with E-state index >= 15 is 0 Å². The SMILES string of the molecule is CC(COCc1ccccc1)C(C)(C)C(O)(O)O. The van der Waals surface area contributed by atoms with Crippen LogP contribution in [-0.4, -0.2) is 27.9 Å². The zero-order valence-corrected chi connectivity index (χ0v) is 11.1. The summed E-state index contributed by atoms with van der Waals surface area (Å²) in [7, 11) is 0. The number of benzene rings is 1. The van der Waals surface area contributed by atoms with Crippen LogP contribution in [0.15, 0.2) is 30.3 Å². The predicted octanol–water partition coefficient (Wildman–Crippen LogP) is 1.50. The predicted molar refractivity (Wildman–Crippen MR) is 68.4 cm³/mol. The zero-order chi connectivity index (χ0) is 13.8. The van der Waals surface area contributed by atoms with Gasteiger partial charge in [0.2, 0.25) is 0 Å². The molecular formula is C14H22O4. The van der Waals surface area contributed by atoms with Crippen molar-refractivity contribution in [2.75, 3.05) is 6.61 Å². The molecule has 0 bridgehead atoms. The summed E-state index contributed by atoms with van der Waals surface area (Å²) in [5, 5.41) is 27.9. The van der Waals surface area contributed by atoms with Gasteiger partial charge in [-0.1, -0.05) is 51.1 Å². The van der Waals surface area contributed by atoms with E-state index in [1.54, 1.807) is 13.8 Å². The third-order valence-electron chi connectivity index (χ3n) is 3.58. The molecule has 0 fully saturated rings. The van der Waals surface area contributed by atoms with Gasteiger partial charge in [-0.15, -0.1) is 0 Å². The Morgan fingerprint density at radius 3 is 2.17 bits per heavy atom. The molecule has 1 rings (SSSR count). The summed E-state index contributed by atoms with van der Waals surface area (Å²) < 4.78 is 5.53. The van der Waals surface area contributed by atoms with Gasteiger partial charge < -0.3 is 20.1 Å². The molecule has 1 unspecified atom stereocenters. The molecule has 4 nitrogen and oxygen atoms in total. The molecule has 1 aromatic carbocycles. The molecular weight excluding hydrogens is 232 g/mol. The highest BCUT2D eigenvalue weighted by Crippen LogP contribution is 2.35. The van der Waals surface area contributed by atoms with E-state index in [0.717, 1.165) is 5.56 Å². The van der Waals surface area contributed by atoms with Crippen LogP contribution < -0.4 is 0 Å². The minimum atomic E-state index is -2.71. The Labute approximate surface area is 108 Å². The summed E-state index contributed by atoms with van der Waals surface area (Å²) in [6, 6.07) is 9.74. The Hall–Kier alpha value is -0.940. The van der Waals surface area contributed by atoms with Gasteiger partial charge >= 0.3 is 0 Å². The standard InChI is InChI=1S/C14H22O4/c1-11(13(2,3)14(15,16)17)9-18-10-12-7-5-4-6-8-12/h4-8,11,15-17H,9-10H2,1-3H3. The maximum atomic E-state index is 9.29. The molecule has 1 aromatic rings. The van der Waals surface area contributed by atoms with Crippen LogP contribution in [0, 0.1) is 11.3 Å². The van der Waals surface area contributed by atoms with Crippen molar-refractivity contribution in [3.8, 4) is 0 Å². The number of aliphatic hydroxyl groups is 3. The number of hydrogen-bond acceptors (Lipinski definition) is 4. The molecule has 18 heavy (non-hydrogen) atoms. The number of hydrogen-bond donors (Lipinski definition) is 3. The van der Waals surface area contributed by atoms with E-state index in [9.17, 15) is 15.3 Å². The molecule has 102 valence electrons. The first-order valence-corrected chi connectivity index (χ1v) is 6.04. The topological polar surface area (TPSA) is 69.9 Å². The van der Waals surface area contributed by atoms with Crippen LogP contribution >= 0.6 is 0 Å². The fourth-order valence-corrected chi connectivity index (χ4v) is 1.47. The van der Waals surface area contributed by atoms with E-state index in [1.165, 1.54) is 0 Å². The van der Waals surface area contributed by atoms with Gasteiger partial charge in [0.1, 0.15) is 0 Å². The molecule has 1 atom stereocenters. The second-order valence-electron chi connectivity index (χ2n) is 5.26. The van der Waals surface area contributed by atoms with E-state index in [0.29, 0.717) is 13.2 Å². The average Bonchev–Trinajstić information content (AvgIpc) is 2.28. The first-order valence-electron chi connectivity index (χ1n) is 6.04. The van der Waals surface area contributed by atoms with Gasteiger partial charge in [-0.3, -0.25) is 0 Å². The van der Waals surface area contributed by atoms with E-state index in [-0.39, 0.29) is 5.92 Å². The lowest BCUT2D eigenvalue weighted by Gasteiger charge is -2.38. The molecule has 4 heteroatoms. The molecule has 0 saturated carbocycles. The third kappa shape index (κ3) is 3.78. The van der Waals surface area contributed by atoms with Gasteiger partial charge in [-0.25, -0.2) is 0 Å². The maximum absolute atomic E-state index is 9.29. The Kier molecular flexibility index (Phi) is 4.87. The van der Waals surface area contributed by atoms with Crippen LogP contribution in [0.5, 0.6) is 0 Å². The Morgan fingerprint density at radius 1 is 1.11 bits per heavy atom.